The summed E-state index contributed by atoms with van der Waals surface area (Å²) in [5.74, 6) is 0. The molecule has 2 nitrogen and oxygen atoms in total. The molecule has 0 radical (unpaired) electrons. The van der Waals surface area contributed by atoms with E-state index in [1.54, 1.807) is 0 Å². The van der Waals surface area contributed by atoms with Crippen molar-refractivity contribution in [1.29, 1.82) is 0 Å². The Bertz CT molecular complexity index is 492. The van der Waals surface area contributed by atoms with Gasteiger partial charge in [-0.25, -0.2) is 0 Å². The molecule has 104 valence electrons. The molecular weight excluding hydrogens is 246 g/mol. The molecule has 0 unspecified atom stereocenters. The minimum Gasteiger partial charge on any atom is -0.380 e. The van der Waals surface area contributed by atoms with Gasteiger partial charge in [-0.15, -0.1) is 0 Å². The molecule has 2 aromatic rings. The van der Waals surface area contributed by atoms with Gasteiger partial charge in [-0.1, -0.05) is 60.7 Å². The lowest BCUT2D eigenvalue weighted by Gasteiger charge is -2.32. The number of rotatable bonds is 4. The summed E-state index contributed by atoms with van der Waals surface area (Å²) in [5, 5.41) is 14.9. The fraction of sp³-hybridized carbons (Fsp3) is 0.333. The van der Waals surface area contributed by atoms with Crippen LogP contribution < -0.4 is 5.32 Å². The molecule has 1 saturated heterocycles. The van der Waals surface area contributed by atoms with Crippen LogP contribution in [0.3, 0.4) is 0 Å². The van der Waals surface area contributed by atoms with Crippen molar-refractivity contribution in [3.63, 3.8) is 0 Å². The smallest absolute Gasteiger partial charge is 0.116 e. The summed E-state index contributed by atoms with van der Waals surface area (Å²) < 4.78 is 0. The van der Waals surface area contributed by atoms with Gasteiger partial charge in [-0.05, 0) is 36.9 Å². The van der Waals surface area contributed by atoms with Gasteiger partial charge < -0.3 is 10.4 Å². The van der Waals surface area contributed by atoms with Crippen molar-refractivity contribution < 1.29 is 5.11 Å². The van der Waals surface area contributed by atoms with Crippen LogP contribution in [0.2, 0.25) is 0 Å². The molecule has 0 spiro atoms. The molecule has 0 bridgehead atoms. The Morgan fingerprint density at radius 1 is 0.950 bits per heavy atom. The highest BCUT2D eigenvalue weighted by Gasteiger charge is 2.34. The van der Waals surface area contributed by atoms with Gasteiger partial charge in [-0.2, -0.15) is 0 Å². The van der Waals surface area contributed by atoms with E-state index in [0.717, 1.165) is 30.5 Å². The molecule has 3 rings (SSSR count). The number of hydrogen-bond acceptors (Lipinski definition) is 2. The van der Waals surface area contributed by atoms with Crippen molar-refractivity contribution in [2.75, 3.05) is 6.54 Å². The van der Waals surface area contributed by atoms with Crippen LogP contribution in [0.25, 0.3) is 0 Å². The second-order valence-electron chi connectivity index (χ2n) is 5.59. The largest absolute Gasteiger partial charge is 0.380 e. The minimum absolute atomic E-state index is 0.389. The molecule has 0 aromatic heterocycles. The van der Waals surface area contributed by atoms with Crippen molar-refractivity contribution in [1.82, 2.24) is 5.32 Å². The van der Waals surface area contributed by atoms with Crippen molar-refractivity contribution in [2.24, 2.45) is 0 Å². The van der Waals surface area contributed by atoms with Gasteiger partial charge in [-0.3, -0.25) is 0 Å². The van der Waals surface area contributed by atoms with E-state index in [4.69, 9.17) is 0 Å². The maximum absolute atomic E-state index is 11.4. The maximum atomic E-state index is 11.4. The highest BCUT2D eigenvalue weighted by Crippen LogP contribution is 2.35. The van der Waals surface area contributed by atoms with E-state index in [-0.39, 0.29) is 0 Å². The van der Waals surface area contributed by atoms with E-state index in [1.165, 1.54) is 6.42 Å². The zero-order valence-corrected chi connectivity index (χ0v) is 11.6. The Hall–Kier alpha value is -1.64. The maximum Gasteiger partial charge on any atom is 0.116 e. The Morgan fingerprint density at radius 2 is 1.50 bits per heavy atom. The highest BCUT2D eigenvalue weighted by molar-refractivity contribution is 5.36. The summed E-state index contributed by atoms with van der Waals surface area (Å²) in [6.07, 6.45) is 3.06. The standard InChI is InChI=1S/C18H21NO/c20-18(14-17-12-7-13-19-17,15-8-3-1-4-9-15)16-10-5-2-6-11-16/h1-6,8-11,17,19-20H,7,12-14H2/t17-/m0/s1. The second kappa shape index (κ2) is 5.78. The zero-order valence-electron chi connectivity index (χ0n) is 11.6. The van der Waals surface area contributed by atoms with Gasteiger partial charge in [0.05, 0.1) is 0 Å². The normalized spacial score (nSPS) is 19.1. The lowest BCUT2D eigenvalue weighted by molar-refractivity contribution is 0.0611. The Balaban J connectivity index is 1.98. The molecule has 1 aliphatic rings. The van der Waals surface area contributed by atoms with Crippen LogP contribution in [0.4, 0.5) is 0 Å². The van der Waals surface area contributed by atoms with Crippen molar-refractivity contribution >= 4 is 0 Å². The summed E-state index contributed by atoms with van der Waals surface area (Å²) in [6.45, 7) is 1.06. The quantitative estimate of drug-likeness (QED) is 0.892. The lowest BCUT2D eigenvalue weighted by atomic mass is 9.81. The van der Waals surface area contributed by atoms with Crippen LogP contribution in [-0.2, 0) is 5.60 Å². The number of aliphatic hydroxyl groups is 1. The van der Waals surface area contributed by atoms with Gasteiger partial charge in [0, 0.05) is 6.04 Å². The first kappa shape index (κ1) is 13.3. The molecule has 0 saturated carbocycles. The molecule has 1 aliphatic heterocycles. The molecule has 20 heavy (non-hydrogen) atoms. The Labute approximate surface area is 120 Å². The first-order chi connectivity index (χ1) is 9.79. The summed E-state index contributed by atoms with van der Waals surface area (Å²) in [6, 6.07) is 20.4. The predicted octanol–water partition coefficient (Wildman–Crippen LogP) is 3.06. The van der Waals surface area contributed by atoms with Crippen LogP contribution in [-0.4, -0.2) is 17.7 Å². The number of hydrogen-bond donors (Lipinski definition) is 2. The van der Waals surface area contributed by atoms with E-state index in [1.807, 2.05) is 60.7 Å². The molecule has 0 aliphatic carbocycles. The van der Waals surface area contributed by atoms with E-state index < -0.39 is 5.60 Å². The summed E-state index contributed by atoms with van der Waals surface area (Å²) in [7, 11) is 0. The average molecular weight is 267 g/mol. The fourth-order valence-electron chi connectivity index (χ4n) is 3.12. The van der Waals surface area contributed by atoms with Crippen molar-refractivity contribution in [2.45, 2.75) is 30.9 Å². The monoisotopic (exact) mass is 267 g/mol. The summed E-state index contributed by atoms with van der Waals surface area (Å²) in [4.78, 5) is 0. The van der Waals surface area contributed by atoms with Crippen molar-refractivity contribution in [3.05, 3.63) is 71.8 Å². The van der Waals surface area contributed by atoms with Crippen LogP contribution in [0, 0.1) is 0 Å². The molecule has 2 N–H and O–H groups in total. The molecule has 1 fully saturated rings. The number of nitrogens with one attached hydrogen (secondary N) is 1. The van der Waals surface area contributed by atoms with E-state index in [9.17, 15) is 5.11 Å². The zero-order chi connectivity index (χ0) is 13.8. The van der Waals surface area contributed by atoms with Gasteiger partial charge in [0.15, 0.2) is 0 Å². The molecule has 1 atom stereocenters. The average Bonchev–Trinajstić information content (AvgIpc) is 3.02. The van der Waals surface area contributed by atoms with Gasteiger partial charge >= 0.3 is 0 Å². The SMILES string of the molecule is OC(C[C@@H]1CCCN1)(c1ccccc1)c1ccccc1. The van der Waals surface area contributed by atoms with E-state index in [0.29, 0.717) is 6.04 Å². The van der Waals surface area contributed by atoms with Crippen LogP contribution in [0.5, 0.6) is 0 Å². The fourth-order valence-corrected chi connectivity index (χ4v) is 3.12. The third kappa shape index (κ3) is 2.62. The lowest BCUT2D eigenvalue weighted by Crippen LogP contribution is -2.36. The summed E-state index contributed by atoms with van der Waals surface area (Å²) in [5.41, 5.74) is 1.03. The second-order valence-corrected chi connectivity index (χ2v) is 5.59. The first-order valence-corrected chi connectivity index (χ1v) is 7.36. The summed E-state index contributed by atoms with van der Waals surface area (Å²) >= 11 is 0. The topological polar surface area (TPSA) is 32.3 Å². The van der Waals surface area contributed by atoms with Gasteiger partial charge in [0.1, 0.15) is 5.60 Å². The van der Waals surface area contributed by atoms with Gasteiger partial charge in [0.25, 0.3) is 0 Å². The molecule has 1 heterocycles. The van der Waals surface area contributed by atoms with E-state index in [2.05, 4.69) is 5.32 Å². The van der Waals surface area contributed by atoms with Crippen LogP contribution in [0.15, 0.2) is 60.7 Å². The third-order valence-corrected chi connectivity index (χ3v) is 4.21. The molecule has 2 heteroatoms. The third-order valence-electron chi connectivity index (χ3n) is 4.21. The van der Waals surface area contributed by atoms with Crippen molar-refractivity contribution in [3.8, 4) is 0 Å². The van der Waals surface area contributed by atoms with Crippen LogP contribution >= 0.6 is 0 Å². The Morgan fingerprint density at radius 3 is 1.95 bits per heavy atom. The molecule has 0 amide bonds. The predicted molar refractivity (Wildman–Crippen MR) is 81.5 cm³/mol. The van der Waals surface area contributed by atoms with Crippen LogP contribution in [0.1, 0.15) is 30.4 Å². The van der Waals surface area contributed by atoms with Gasteiger partial charge in [0.2, 0.25) is 0 Å². The highest BCUT2D eigenvalue weighted by atomic mass is 16.3. The van der Waals surface area contributed by atoms with E-state index >= 15 is 0 Å². The molecular formula is C18H21NO. The first-order valence-electron chi connectivity index (χ1n) is 7.36. The minimum atomic E-state index is -0.912. The molecule has 2 aromatic carbocycles. The Kier molecular flexibility index (Phi) is 3.86. The number of benzene rings is 2.